The number of halogens is 1. The fraction of sp³-hybridized carbons (Fsp3) is 0.500. The van der Waals surface area contributed by atoms with Gasteiger partial charge in [-0.05, 0) is 51.0 Å². The monoisotopic (exact) mass is 357 g/mol. The van der Waals surface area contributed by atoms with Crippen LogP contribution in [0, 0.1) is 11.7 Å². The van der Waals surface area contributed by atoms with Crippen molar-refractivity contribution in [3.8, 4) is 0 Å². The zero-order chi connectivity index (χ0) is 17.9. The molecule has 1 aromatic carbocycles. The van der Waals surface area contributed by atoms with Crippen molar-refractivity contribution in [1.29, 1.82) is 0 Å². The summed E-state index contributed by atoms with van der Waals surface area (Å²) in [5, 5.41) is 0. The Morgan fingerprint density at radius 1 is 1.21 bits per heavy atom. The number of piperidine rings is 1. The van der Waals surface area contributed by atoms with Crippen LogP contribution in [-0.4, -0.2) is 43.7 Å². The average Bonchev–Trinajstić information content (AvgIpc) is 2.55. The van der Waals surface area contributed by atoms with E-state index in [-0.39, 0.29) is 23.8 Å². The van der Waals surface area contributed by atoms with Crippen LogP contribution in [0.1, 0.15) is 26.7 Å². The Balaban J connectivity index is 1.98. The Bertz CT molecular complexity index is 708. The summed E-state index contributed by atoms with van der Waals surface area (Å²) in [5.74, 6) is -1.64. The van der Waals surface area contributed by atoms with E-state index in [0.717, 1.165) is 12.1 Å². The molecule has 1 saturated heterocycles. The van der Waals surface area contributed by atoms with E-state index in [4.69, 9.17) is 4.74 Å². The number of nitrogens with zero attached hydrogens (tertiary/aromatic N) is 1. The molecule has 8 heteroatoms. The maximum absolute atomic E-state index is 12.9. The van der Waals surface area contributed by atoms with Gasteiger partial charge in [0.1, 0.15) is 5.82 Å². The van der Waals surface area contributed by atoms with Gasteiger partial charge in [0.2, 0.25) is 10.0 Å². The van der Waals surface area contributed by atoms with Gasteiger partial charge in [0.05, 0.1) is 10.8 Å². The number of rotatable bonds is 5. The molecule has 1 atom stereocenters. The first-order valence-corrected chi connectivity index (χ1v) is 9.12. The predicted molar refractivity (Wildman–Crippen MR) is 84.1 cm³/mol. The molecule has 0 saturated carbocycles. The third-order valence-corrected chi connectivity index (χ3v) is 6.02. The lowest BCUT2D eigenvalue weighted by atomic mass is 9.98. The molecule has 1 aliphatic heterocycles. The van der Waals surface area contributed by atoms with Crippen molar-refractivity contribution in [3.63, 3.8) is 0 Å². The molecule has 0 N–H and O–H groups in total. The van der Waals surface area contributed by atoms with Gasteiger partial charge in [0, 0.05) is 13.1 Å². The fourth-order valence-electron chi connectivity index (χ4n) is 2.44. The number of carbonyl (C=O) groups is 2. The van der Waals surface area contributed by atoms with E-state index in [1.54, 1.807) is 0 Å². The first kappa shape index (κ1) is 18.5. The Kier molecular flexibility index (Phi) is 5.71. The average molecular weight is 357 g/mol. The molecule has 0 spiro atoms. The normalized spacial score (nSPS) is 18.1. The minimum Gasteiger partial charge on any atom is -0.454 e. The van der Waals surface area contributed by atoms with Gasteiger partial charge in [0.15, 0.2) is 11.9 Å². The molecule has 0 aliphatic carbocycles. The fourth-order valence-corrected chi connectivity index (χ4v) is 3.91. The molecule has 0 amide bonds. The topological polar surface area (TPSA) is 80.8 Å². The summed E-state index contributed by atoms with van der Waals surface area (Å²) in [7, 11) is -3.70. The first-order valence-electron chi connectivity index (χ1n) is 7.68. The molecule has 0 aromatic heterocycles. The summed E-state index contributed by atoms with van der Waals surface area (Å²) in [6, 6.07) is 4.64. The van der Waals surface area contributed by atoms with Crippen molar-refractivity contribution < 1.29 is 27.1 Å². The smallest absolute Gasteiger partial charge is 0.309 e. The molecule has 1 aliphatic rings. The highest BCUT2D eigenvalue weighted by Crippen LogP contribution is 2.25. The zero-order valence-electron chi connectivity index (χ0n) is 13.6. The second-order valence-electron chi connectivity index (χ2n) is 5.82. The summed E-state index contributed by atoms with van der Waals surface area (Å²) in [4.78, 5) is 23.2. The highest BCUT2D eigenvalue weighted by Gasteiger charge is 2.33. The number of ketones is 1. The van der Waals surface area contributed by atoms with E-state index in [2.05, 4.69) is 0 Å². The van der Waals surface area contributed by atoms with Gasteiger partial charge in [-0.2, -0.15) is 4.31 Å². The summed E-state index contributed by atoms with van der Waals surface area (Å²) in [6.45, 7) is 3.20. The summed E-state index contributed by atoms with van der Waals surface area (Å²) >= 11 is 0. The number of ether oxygens (including phenoxy) is 1. The van der Waals surface area contributed by atoms with Crippen LogP contribution in [0.5, 0.6) is 0 Å². The molecule has 132 valence electrons. The van der Waals surface area contributed by atoms with Crippen molar-refractivity contribution in [2.45, 2.75) is 37.7 Å². The number of hydrogen-bond acceptors (Lipinski definition) is 5. The molecule has 6 nitrogen and oxygen atoms in total. The van der Waals surface area contributed by atoms with Crippen molar-refractivity contribution in [3.05, 3.63) is 30.1 Å². The standard InChI is InChI=1S/C16H20FNO5S/c1-11(19)12(2)23-16(20)13-7-9-18(10-8-13)24(21,22)15-5-3-14(17)4-6-15/h3-6,12-13H,7-10H2,1-2H3/t12-/m1/s1. The molecule has 0 unspecified atom stereocenters. The minimum absolute atomic E-state index is 0.0233. The molecular formula is C16H20FNO5S. The molecule has 2 rings (SSSR count). The first-order chi connectivity index (χ1) is 11.2. The van der Waals surface area contributed by atoms with Gasteiger partial charge in [-0.25, -0.2) is 12.8 Å². The number of benzene rings is 1. The quantitative estimate of drug-likeness (QED) is 0.750. The highest BCUT2D eigenvalue weighted by molar-refractivity contribution is 7.89. The highest BCUT2D eigenvalue weighted by atomic mass is 32.2. The molecule has 1 heterocycles. The van der Waals surface area contributed by atoms with Gasteiger partial charge in [-0.1, -0.05) is 0 Å². The molecule has 24 heavy (non-hydrogen) atoms. The number of hydrogen-bond donors (Lipinski definition) is 0. The van der Waals surface area contributed by atoms with Gasteiger partial charge in [-0.15, -0.1) is 0 Å². The van der Waals surface area contributed by atoms with Crippen molar-refractivity contribution in [2.75, 3.05) is 13.1 Å². The minimum atomic E-state index is -3.70. The van der Waals surface area contributed by atoms with Crippen LogP contribution >= 0.6 is 0 Å². The van der Waals surface area contributed by atoms with Crippen molar-refractivity contribution in [2.24, 2.45) is 5.92 Å². The van der Waals surface area contributed by atoms with Crippen molar-refractivity contribution in [1.82, 2.24) is 4.31 Å². The van der Waals surface area contributed by atoms with E-state index in [1.165, 1.54) is 30.3 Å². The van der Waals surface area contributed by atoms with E-state index in [1.807, 2.05) is 0 Å². The Morgan fingerprint density at radius 3 is 2.25 bits per heavy atom. The maximum Gasteiger partial charge on any atom is 0.309 e. The van der Waals surface area contributed by atoms with Crippen LogP contribution in [0.4, 0.5) is 4.39 Å². The Morgan fingerprint density at radius 2 is 1.75 bits per heavy atom. The second-order valence-corrected chi connectivity index (χ2v) is 7.76. The van der Waals surface area contributed by atoms with E-state index in [0.29, 0.717) is 12.8 Å². The SMILES string of the molecule is CC(=O)[C@@H](C)OC(=O)C1CCN(S(=O)(=O)c2ccc(F)cc2)CC1. The molecular weight excluding hydrogens is 337 g/mol. The second kappa shape index (κ2) is 7.40. The molecule has 1 aromatic rings. The Hall–Kier alpha value is -1.80. The number of esters is 1. The van der Waals surface area contributed by atoms with E-state index < -0.39 is 33.8 Å². The van der Waals surface area contributed by atoms with E-state index in [9.17, 15) is 22.4 Å². The molecule has 0 bridgehead atoms. The maximum atomic E-state index is 12.9. The predicted octanol–water partition coefficient (Wildman–Crippen LogP) is 1.75. The van der Waals surface area contributed by atoms with Gasteiger partial charge >= 0.3 is 5.97 Å². The Labute approximate surface area is 140 Å². The van der Waals surface area contributed by atoms with Crippen LogP contribution in [0.15, 0.2) is 29.2 Å². The van der Waals surface area contributed by atoms with Crippen LogP contribution in [-0.2, 0) is 24.3 Å². The lowest BCUT2D eigenvalue weighted by molar-refractivity contribution is -0.158. The van der Waals surface area contributed by atoms with Crippen molar-refractivity contribution >= 4 is 21.8 Å². The largest absolute Gasteiger partial charge is 0.454 e. The summed E-state index contributed by atoms with van der Waals surface area (Å²) in [6.07, 6.45) is -0.146. The number of carbonyl (C=O) groups excluding carboxylic acids is 2. The van der Waals surface area contributed by atoms with E-state index >= 15 is 0 Å². The van der Waals surface area contributed by atoms with Crippen LogP contribution in [0.25, 0.3) is 0 Å². The van der Waals surface area contributed by atoms with Gasteiger partial charge < -0.3 is 4.74 Å². The lowest BCUT2D eigenvalue weighted by Crippen LogP contribution is -2.41. The molecule has 0 radical (unpaired) electrons. The van der Waals surface area contributed by atoms with Crippen LogP contribution < -0.4 is 0 Å². The lowest BCUT2D eigenvalue weighted by Gasteiger charge is -2.30. The number of sulfonamides is 1. The zero-order valence-corrected chi connectivity index (χ0v) is 14.4. The third-order valence-electron chi connectivity index (χ3n) is 4.10. The summed E-state index contributed by atoms with van der Waals surface area (Å²) < 4.78 is 44.3. The van der Waals surface area contributed by atoms with Crippen LogP contribution in [0.2, 0.25) is 0 Å². The van der Waals surface area contributed by atoms with Crippen LogP contribution in [0.3, 0.4) is 0 Å². The third kappa shape index (κ3) is 4.18. The summed E-state index contributed by atoms with van der Waals surface area (Å²) in [5.41, 5.74) is 0. The van der Waals surface area contributed by atoms with Gasteiger partial charge in [0.25, 0.3) is 0 Å². The number of Topliss-reactive ketones (excluding diaryl/α,β-unsaturated/α-hetero) is 1. The van der Waals surface area contributed by atoms with Gasteiger partial charge in [-0.3, -0.25) is 9.59 Å². The molecule has 1 fully saturated rings.